The van der Waals surface area contributed by atoms with Gasteiger partial charge in [0.05, 0.1) is 0 Å². The predicted octanol–water partition coefficient (Wildman–Crippen LogP) is 2.63. The standard InChI is InChI=1S/C19H12/c1-3-8-14-12(6-1)16-10-5-11-17-13-7-2-4-9-15(13)18(14)19(16)17/h1-11,19H. The fourth-order valence-corrected chi connectivity index (χ4v) is 3.81. The molecule has 1 unspecified atom stereocenters. The molecule has 19 heavy (non-hydrogen) atoms. The molecule has 0 bridgehead atoms. The van der Waals surface area contributed by atoms with Crippen LogP contribution in [0.25, 0.3) is 16.7 Å². The summed E-state index contributed by atoms with van der Waals surface area (Å²) in [6.45, 7) is 0. The van der Waals surface area contributed by atoms with Crippen molar-refractivity contribution in [1.29, 1.82) is 0 Å². The Labute approximate surface area is 111 Å². The monoisotopic (exact) mass is 240 g/mol. The van der Waals surface area contributed by atoms with Crippen molar-refractivity contribution in [3.05, 3.63) is 88.3 Å². The lowest BCUT2D eigenvalue weighted by Crippen LogP contribution is -2.23. The van der Waals surface area contributed by atoms with Crippen LogP contribution in [-0.2, 0) is 0 Å². The second-order valence-electron chi connectivity index (χ2n) is 5.37. The van der Waals surface area contributed by atoms with Crippen LogP contribution in [0.4, 0.5) is 0 Å². The van der Waals surface area contributed by atoms with Gasteiger partial charge in [0, 0.05) is 5.92 Å². The van der Waals surface area contributed by atoms with Crippen LogP contribution < -0.4 is 10.4 Å². The summed E-state index contributed by atoms with van der Waals surface area (Å²) in [5.41, 5.74) is 7.29. The topological polar surface area (TPSA) is 0 Å². The predicted molar refractivity (Wildman–Crippen MR) is 78.7 cm³/mol. The van der Waals surface area contributed by atoms with E-state index in [1.54, 1.807) is 0 Å². The van der Waals surface area contributed by atoms with Gasteiger partial charge in [0.2, 0.25) is 0 Å². The van der Waals surface area contributed by atoms with Gasteiger partial charge in [0.15, 0.2) is 0 Å². The van der Waals surface area contributed by atoms with Crippen molar-refractivity contribution in [2.24, 2.45) is 5.92 Å². The van der Waals surface area contributed by atoms with E-state index in [-0.39, 0.29) is 0 Å². The van der Waals surface area contributed by atoms with Crippen LogP contribution in [0.1, 0.15) is 11.1 Å². The van der Waals surface area contributed by atoms with Crippen molar-refractivity contribution in [3.63, 3.8) is 0 Å². The van der Waals surface area contributed by atoms with Crippen LogP contribution in [0, 0.1) is 5.92 Å². The van der Waals surface area contributed by atoms with Gasteiger partial charge in [-0.25, -0.2) is 0 Å². The second-order valence-corrected chi connectivity index (χ2v) is 5.37. The highest BCUT2D eigenvalue weighted by molar-refractivity contribution is 6.05. The van der Waals surface area contributed by atoms with Crippen molar-refractivity contribution in [2.45, 2.75) is 0 Å². The molecule has 0 nitrogen and oxygen atoms in total. The summed E-state index contributed by atoms with van der Waals surface area (Å²) >= 11 is 0. The number of hydrogen-bond donors (Lipinski definition) is 0. The van der Waals surface area contributed by atoms with Crippen molar-refractivity contribution in [1.82, 2.24) is 0 Å². The lowest BCUT2D eigenvalue weighted by Gasteiger charge is -2.15. The molecule has 0 radical (unpaired) electrons. The summed E-state index contributed by atoms with van der Waals surface area (Å²) in [7, 11) is 0. The van der Waals surface area contributed by atoms with Crippen LogP contribution in [0.3, 0.4) is 0 Å². The molecule has 0 heterocycles. The van der Waals surface area contributed by atoms with E-state index in [1.165, 1.54) is 38.3 Å². The third-order valence-electron chi connectivity index (χ3n) is 4.52. The Hall–Kier alpha value is -2.34. The van der Waals surface area contributed by atoms with Gasteiger partial charge < -0.3 is 0 Å². The normalized spacial score (nSPS) is 21.1. The molecular weight excluding hydrogens is 228 g/mol. The summed E-state index contributed by atoms with van der Waals surface area (Å²) in [4.78, 5) is 0. The van der Waals surface area contributed by atoms with Crippen molar-refractivity contribution >= 4 is 16.7 Å². The van der Waals surface area contributed by atoms with Gasteiger partial charge in [0.25, 0.3) is 0 Å². The highest BCUT2D eigenvalue weighted by Crippen LogP contribution is 2.50. The van der Waals surface area contributed by atoms with Crippen LogP contribution in [-0.4, -0.2) is 0 Å². The van der Waals surface area contributed by atoms with E-state index in [0.717, 1.165) is 0 Å². The number of fused-ring (bicyclic) bond motifs is 4. The Morgan fingerprint density at radius 1 is 0.737 bits per heavy atom. The molecule has 2 aromatic rings. The number of rotatable bonds is 0. The first-order valence-corrected chi connectivity index (χ1v) is 6.76. The largest absolute Gasteiger partial charge is 0.0616 e. The zero-order chi connectivity index (χ0) is 12.4. The highest BCUT2D eigenvalue weighted by Gasteiger charge is 2.37. The summed E-state index contributed by atoms with van der Waals surface area (Å²) in [6.07, 6.45) is 6.76. The summed E-state index contributed by atoms with van der Waals surface area (Å²) in [6, 6.07) is 17.6. The van der Waals surface area contributed by atoms with Crippen molar-refractivity contribution < 1.29 is 0 Å². The molecule has 0 heteroatoms. The van der Waals surface area contributed by atoms with E-state index in [2.05, 4.69) is 66.8 Å². The SMILES string of the molecule is C1=CC2=c3ccccc3=C3c4ccccc4C(=C1)C23. The first-order valence-electron chi connectivity index (χ1n) is 6.76. The molecule has 0 aromatic heterocycles. The smallest absolute Gasteiger partial charge is 0.0364 e. The minimum absolute atomic E-state index is 0.472. The Kier molecular flexibility index (Phi) is 1.59. The quantitative estimate of drug-likeness (QED) is 0.664. The zero-order valence-corrected chi connectivity index (χ0v) is 10.4. The van der Waals surface area contributed by atoms with Crippen LogP contribution in [0.15, 0.2) is 66.8 Å². The van der Waals surface area contributed by atoms with Crippen LogP contribution >= 0.6 is 0 Å². The molecule has 1 atom stereocenters. The van der Waals surface area contributed by atoms with Gasteiger partial charge in [-0.3, -0.25) is 0 Å². The Morgan fingerprint density at radius 2 is 1.47 bits per heavy atom. The third kappa shape index (κ3) is 1.01. The van der Waals surface area contributed by atoms with E-state index >= 15 is 0 Å². The molecule has 0 amide bonds. The Morgan fingerprint density at radius 3 is 2.37 bits per heavy atom. The first-order chi connectivity index (χ1) is 9.45. The molecule has 0 fully saturated rings. The molecule has 0 saturated heterocycles. The lowest BCUT2D eigenvalue weighted by atomic mass is 9.87. The van der Waals surface area contributed by atoms with E-state index in [0.29, 0.717) is 5.92 Å². The number of hydrogen-bond acceptors (Lipinski definition) is 0. The van der Waals surface area contributed by atoms with Crippen LogP contribution in [0.2, 0.25) is 0 Å². The van der Waals surface area contributed by atoms with E-state index < -0.39 is 0 Å². The molecule has 2 aromatic carbocycles. The van der Waals surface area contributed by atoms with Gasteiger partial charge in [0.1, 0.15) is 0 Å². The first kappa shape index (κ1) is 9.57. The number of allylic oxidation sites excluding steroid dienone is 4. The van der Waals surface area contributed by atoms with Crippen molar-refractivity contribution in [3.8, 4) is 0 Å². The number of benzene rings is 2. The van der Waals surface area contributed by atoms with E-state index in [4.69, 9.17) is 0 Å². The van der Waals surface area contributed by atoms with E-state index in [1.807, 2.05) is 0 Å². The average Bonchev–Trinajstić information content (AvgIpc) is 2.99. The molecule has 0 saturated carbocycles. The minimum atomic E-state index is 0.472. The van der Waals surface area contributed by atoms with Crippen LogP contribution in [0.5, 0.6) is 0 Å². The molecule has 88 valence electrons. The zero-order valence-electron chi connectivity index (χ0n) is 10.4. The summed E-state index contributed by atoms with van der Waals surface area (Å²) in [5.74, 6) is 0.472. The maximum absolute atomic E-state index is 2.28. The molecule has 0 aliphatic heterocycles. The van der Waals surface area contributed by atoms with Gasteiger partial charge >= 0.3 is 0 Å². The van der Waals surface area contributed by atoms with Gasteiger partial charge in [-0.1, -0.05) is 66.8 Å². The summed E-state index contributed by atoms with van der Waals surface area (Å²) < 4.78 is 0. The Bertz CT molecular complexity index is 907. The van der Waals surface area contributed by atoms with Gasteiger partial charge in [-0.05, 0) is 38.3 Å². The molecule has 0 N–H and O–H groups in total. The highest BCUT2D eigenvalue weighted by atomic mass is 14.4. The van der Waals surface area contributed by atoms with E-state index in [9.17, 15) is 0 Å². The minimum Gasteiger partial charge on any atom is -0.0616 e. The molecule has 3 aliphatic rings. The lowest BCUT2D eigenvalue weighted by molar-refractivity contribution is 1.20. The van der Waals surface area contributed by atoms with Gasteiger partial charge in [-0.2, -0.15) is 0 Å². The van der Waals surface area contributed by atoms with Gasteiger partial charge in [-0.15, -0.1) is 0 Å². The molecule has 0 spiro atoms. The molecule has 5 rings (SSSR count). The van der Waals surface area contributed by atoms with Crippen molar-refractivity contribution in [2.75, 3.05) is 0 Å². The molecular formula is C19H12. The second kappa shape index (κ2) is 3.16. The average molecular weight is 240 g/mol. The molecule has 3 aliphatic carbocycles. The fraction of sp³-hybridized carbons (Fsp3) is 0.0526. The Balaban J connectivity index is 2.08. The maximum Gasteiger partial charge on any atom is 0.0364 e. The third-order valence-corrected chi connectivity index (χ3v) is 4.52. The summed E-state index contributed by atoms with van der Waals surface area (Å²) in [5, 5.41) is 2.84. The maximum atomic E-state index is 2.28. The fourth-order valence-electron chi connectivity index (χ4n) is 3.81.